The van der Waals surface area contributed by atoms with Gasteiger partial charge in [0.1, 0.15) is 36.0 Å². The lowest BCUT2D eigenvalue weighted by atomic mass is 10.0. The molecule has 0 bridgehead atoms. The lowest BCUT2D eigenvalue weighted by Gasteiger charge is -2.30. The summed E-state index contributed by atoms with van der Waals surface area (Å²) in [4.78, 5) is 111. The van der Waals surface area contributed by atoms with Crippen LogP contribution in [0.25, 0.3) is 10.9 Å². The molecular weight excluding hydrogens is 917 g/mol. The van der Waals surface area contributed by atoms with Crippen molar-refractivity contribution >= 4 is 68.6 Å². The van der Waals surface area contributed by atoms with Crippen molar-refractivity contribution in [3.05, 3.63) is 102 Å². The van der Waals surface area contributed by atoms with Crippen LogP contribution >= 0.6 is 0 Å². The summed E-state index contributed by atoms with van der Waals surface area (Å²) in [6.45, 7) is 3.11. The van der Waals surface area contributed by atoms with Gasteiger partial charge < -0.3 is 51.5 Å². The van der Waals surface area contributed by atoms with Crippen LogP contribution in [0.2, 0.25) is 0 Å². The molecule has 0 fully saturated rings. The van der Waals surface area contributed by atoms with Crippen LogP contribution in [0, 0.1) is 0 Å². The predicted octanol–water partition coefficient (Wildman–Crippen LogP) is 1.60. The summed E-state index contributed by atoms with van der Waals surface area (Å²) in [5.41, 5.74) is 8.16. The van der Waals surface area contributed by atoms with Gasteiger partial charge in [0.25, 0.3) is 0 Å². The standard InChI is InChI=1S/C47H60N8O13S/c1-4-6-16-35(51-40(56)24-30-19-21-32(22-20-30)68-69(65,66)67)44(61)50-28-41(57)52-37(25-31-27-49-34-18-12-11-15-33(31)34)46(63)53-36(17-7-5-2)45(62)54-38(26-42(58)59)47(64)55(3)39(43(48)60)23-29-13-9-8-10-14-29/h8-15,18-22,27,35-39,49H,4-7,16-17,23-26,28H2,1-3H3,(H2,48,60)(H,50,61)(H,51,56)(H,52,57)(H,53,63)(H,54,62)(H,58,59)(H,65,66,67). The molecule has 10 N–H and O–H groups in total. The molecule has 5 atom stereocenters. The van der Waals surface area contributed by atoms with Gasteiger partial charge in [0.15, 0.2) is 0 Å². The van der Waals surface area contributed by atoms with Crippen LogP contribution in [0.3, 0.4) is 0 Å². The van der Waals surface area contributed by atoms with Gasteiger partial charge in [-0.1, -0.05) is 100 Å². The maximum atomic E-state index is 14.3. The minimum atomic E-state index is -4.75. The van der Waals surface area contributed by atoms with E-state index in [0.29, 0.717) is 42.4 Å². The number of carboxylic acid groups (broad SMARTS) is 1. The summed E-state index contributed by atoms with van der Waals surface area (Å²) in [6.07, 6.45) is 3.01. The van der Waals surface area contributed by atoms with E-state index in [0.717, 1.165) is 15.8 Å². The smallest absolute Gasteiger partial charge is 0.446 e. The molecule has 0 aliphatic carbocycles. The maximum Gasteiger partial charge on any atom is 0.446 e. The Morgan fingerprint density at radius 1 is 0.710 bits per heavy atom. The van der Waals surface area contributed by atoms with E-state index < -0.39 is 101 Å². The molecule has 21 nitrogen and oxygen atoms in total. The highest BCUT2D eigenvalue weighted by atomic mass is 32.3. The van der Waals surface area contributed by atoms with Crippen molar-refractivity contribution in [2.24, 2.45) is 5.73 Å². The third-order valence-corrected chi connectivity index (χ3v) is 11.5. The monoisotopic (exact) mass is 976 g/mol. The molecule has 4 aromatic rings. The number of hydrogen-bond acceptors (Lipinski definition) is 11. The minimum Gasteiger partial charge on any atom is -0.481 e. The lowest BCUT2D eigenvalue weighted by molar-refractivity contribution is -0.146. The molecule has 5 unspecified atom stereocenters. The Labute approximate surface area is 399 Å². The molecule has 0 radical (unpaired) electrons. The van der Waals surface area contributed by atoms with Crippen LogP contribution in [-0.4, -0.2) is 119 Å². The number of amides is 7. The zero-order valence-corrected chi connectivity index (χ0v) is 39.4. The number of carbonyl (C=O) groups excluding carboxylic acids is 7. The number of nitrogens with two attached hydrogens (primary N) is 1. The number of hydrogen-bond donors (Lipinski definition) is 9. The number of aromatic amines is 1. The molecule has 372 valence electrons. The SMILES string of the molecule is CCCCC(NC(=O)Cc1ccc(OS(=O)(=O)O)cc1)C(=O)NCC(=O)NC(Cc1c[nH]c2ccccc12)C(=O)NC(CCCC)C(=O)NC(CC(=O)O)C(=O)N(C)C(Cc1ccccc1)C(N)=O. The second kappa shape index (κ2) is 26.3. The number of carboxylic acids is 1. The number of carbonyl (C=O) groups is 8. The number of fused-ring (bicyclic) bond motifs is 1. The Kier molecular flexibility index (Phi) is 20.7. The number of primary amides is 1. The molecule has 0 aliphatic heterocycles. The van der Waals surface area contributed by atoms with Crippen LogP contribution < -0.4 is 36.5 Å². The Balaban J connectivity index is 1.50. The molecule has 1 heterocycles. The van der Waals surface area contributed by atoms with E-state index in [2.05, 4.69) is 35.8 Å². The first-order valence-corrected chi connectivity index (χ1v) is 23.7. The molecule has 0 saturated carbocycles. The van der Waals surface area contributed by atoms with Crippen molar-refractivity contribution in [1.29, 1.82) is 0 Å². The number of aromatic nitrogens is 1. The van der Waals surface area contributed by atoms with Gasteiger partial charge in [0.2, 0.25) is 41.4 Å². The number of para-hydroxylation sites is 1. The normalized spacial score (nSPS) is 13.4. The lowest BCUT2D eigenvalue weighted by Crippen LogP contribution is -2.59. The quantitative estimate of drug-likeness (QED) is 0.0366. The first kappa shape index (κ1) is 54.3. The highest BCUT2D eigenvalue weighted by molar-refractivity contribution is 7.81. The number of benzene rings is 3. The molecule has 69 heavy (non-hydrogen) atoms. The molecule has 7 amide bonds. The van der Waals surface area contributed by atoms with Gasteiger partial charge in [-0.05, 0) is 47.7 Å². The van der Waals surface area contributed by atoms with E-state index >= 15 is 0 Å². The molecule has 4 rings (SSSR count). The molecule has 0 saturated heterocycles. The molecular formula is C47H60N8O13S. The van der Waals surface area contributed by atoms with Crippen molar-refractivity contribution in [3.63, 3.8) is 0 Å². The Hall–Kier alpha value is -7.33. The van der Waals surface area contributed by atoms with E-state index in [1.807, 2.05) is 32.0 Å². The van der Waals surface area contributed by atoms with Crippen molar-refractivity contribution in [1.82, 2.24) is 36.5 Å². The summed E-state index contributed by atoms with van der Waals surface area (Å²) < 4.78 is 35.3. The molecule has 22 heteroatoms. The summed E-state index contributed by atoms with van der Waals surface area (Å²) in [7, 11) is -3.47. The second-order valence-electron chi connectivity index (χ2n) is 16.4. The van der Waals surface area contributed by atoms with Gasteiger partial charge in [0.05, 0.1) is 19.4 Å². The van der Waals surface area contributed by atoms with E-state index in [1.54, 1.807) is 42.6 Å². The number of unbranched alkanes of at least 4 members (excludes halogenated alkanes) is 2. The number of nitrogens with one attached hydrogen (secondary N) is 6. The van der Waals surface area contributed by atoms with Gasteiger partial charge in [-0.2, -0.15) is 8.42 Å². The van der Waals surface area contributed by atoms with Gasteiger partial charge >= 0.3 is 16.4 Å². The summed E-state index contributed by atoms with van der Waals surface area (Å²) >= 11 is 0. The van der Waals surface area contributed by atoms with Crippen molar-refractivity contribution < 1.29 is 60.6 Å². The maximum absolute atomic E-state index is 14.3. The van der Waals surface area contributed by atoms with Gasteiger partial charge in [-0.3, -0.25) is 42.9 Å². The zero-order chi connectivity index (χ0) is 50.7. The van der Waals surface area contributed by atoms with Crippen LogP contribution in [0.5, 0.6) is 5.75 Å². The molecule has 1 aromatic heterocycles. The number of rotatable bonds is 28. The summed E-state index contributed by atoms with van der Waals surface area (Å²) in [5, 5.41) is 23.5. The van der Waals surface area contributed by atoms with Crippen LogP contribution in [0.4, 0.5) is 0 Å². The summed E-state index contributed by atoms with van der Waals surface area (Å²) in [6, 6.07) is 14.6. The highest BCUT2D eigenvalue weighted by Crippen LogP contribution is 2.20. The average Bonchev–Trinajstić information content (AvgIpc) is 3.71. The Morgan fingerprint density at radius 2 is 1.29 bits per heavy atom. The number of nitrogens with zero attached hydrogens (tertiary/aromatic N) is 1. The zero-order valence-electron chi connectivity index (χ0n) is 38.6. The van der Waals surface area contributed by atoms with Crippen molar-refractivity contribution in [2.45, 2.75) is 108 Å². The first-order chi connectivity index (χ1) is 32.8. The van der Waals surface area contributed by atoms with Gasteiger partial charge in [-0.25, -0.2) is 0 Å². The Bertz CT molecular complexity index is 2540. The molecule has 0 spiro atoms. The van der Waals surface area contributed by atoms with E-state index in [-0.39, 0.29) is 37.9 Å². The summed E-state index contributed by atoms with van der Waals surface area (Å²) in [5.74, 6) is -7.11. The number of likely N-dealkylation sites (N-methyl/N-ethyl adjacent to an activating group) is 1. The highest BCUT2D eigenvalue weighted by Gasteiger charge is 2.35. The van der Waals surface area contributed by atoms with E-state index in [1.165, 1.54) is 31.3 Å². The second-order valence-corrected chi connectivity index (χ2v) is 17.4. The molecule has 0 aliphatic rings. The fourth-order valence-corrected chi connectivity index (χ4v) is 7.77. The largest absolute Gasteiger partial charge is 0.481 e. The fourth-order valence-electron chi connectivity index (χ4n) is 7.42. The van der Waals surface area contributed by atoms with Gasteiger partial charge in [0, 0.05) is 37.0 Å². The van der Waals surface area contributed by atoms with Gasteiger partial charge in [-0.15, -0.1) is 0 Å². The minimum absolute atomic E-state index is 0.0180. The third kappa shape index (κ3) is 17.7. The Morgan fingerprint density at radius 3 is 1.90 bits per heavy atom. The average molecular weight is 977 g/mol. The van der Waals surface area contributed by atoms with E-state index in [4.69, 9.17) is 10.3 Å². The van der Waals surface area contributed by atoms with Crippen LogP contribution in [-0.2, 0) is 68.0 Å². The van der Waals surface area contributed by atoms with Crippen molar-refractivity contribution in [3.8, 4) is 5.75 Å². The number of H-pyrrole nitrogens is 1. The van der Waals surface area contributed by atoms with Crippen LogP contribution in [0.15, 0.2) is 85.1 Å². The fraction of sp³-hybridized carbons (Fsp3) is 0.404. The topological polar surface area (TPSA) is 326 Å². The van der Waals surface area contributed by atoms with Crippen LogP contribution in [0.1, 0.15) is 75.5 Å². The molecule has 3 aromatic carbocycles. The van der Waals surface area contributed by atoms with E-state index in [9.17, 15) is 51.9 Å². The number of aliphatic carboxylic acids is 1. The van der Waals surface area contributed by atoms with Crippen molar-refractivity contribution in [2.75, 3.05) is 13.6 Å². The third-order valence-electron chi connectivity index (χ3n) is 11.0. The first-order valence-electron chi connectivity index (χ1n) is 22.4. The predicted molar refractivity (Wildman–Crippen MR) is 252 cm³/mol.